The standard InChI is InChI=1S/C27H35ClN2O7/c1-27(2,3)37-26(34)30-22(25(32)33)6-5-13-29-16-20-14-19(15-24(31)35-4)9-12-23(20)36-17-18-7-10-21(28)11-8-18/h7-12,14,22,29H,5-6,13,15-17H2,1-4H3,(H,30,34)(H,32,33)/t22-/m0/s1. The molecule has 0 unspecified atom stereocenters. The molecule has 2 rings (SSSR count). The number of carboxylic acid groups (broad SMARTS) is 1. The molecule has 1 amide bonds. The topological polar surface area (TPSA) is 123 Å². The first kappa shape index (κ1) is 29.9. The summed E-state index contributed by atoms with van der Waals surface area (Å²) in [5.74, 6) is -0.809. The van der Waals surface area contributed by atoms with Crippen LogP contribution in [-0.4, -0.2) is 48.4 Å². The van der Waals surface area contributed by atoms with Gasteiger partial charge in [-0.2, -0.15) is 0 Å². The van der Waals surface area contributed by atoms with E-state index in [-0.39, 0.29) is 18.8 Å². The first-order chi connectivity index (χ1) is 17.5. The Hall–Kier alpha value is -3.30. The first-order valence-electron chi connectivity index (χ1n) is 12.0. The van der Waals surface area contributed by atoms with Crippen LogP contribution >= 0.6 is 11.6 Å². The van der Waals surface area contributed by atoms with Crippen molar-refractivity contribution in [2.24, 2.45) is 0 Å². The minimum atomic E-state index is -1.13. The predicted molar refractivity (Wildman–Crippen MR) is 140 cm³/mol. The van der Waals surface area contributed by atoms with Gasteiger partial charge in [-0.25, -0.2) is 9.59 Å². The lowest BCUT2D eigenvalue weighted by Crippen LogP contribution is -2.43. The fourth-order valence-electron chi connectivity index (χ4n) is 3.36. The summed E-state index contributed by atoms with van der Waals surface area (Å²) in [7, 11) is 1.34. The van der Waals surface area contributed by atoms with E-state index < -0.39 is 23.7 Å². The van der Waals surface area contributed by atoms with E-state index in [1.807, 2.05) is 30.3 Å². The number of carboxylic acids is 1. The normalized spacial score (nSPS) is 11.9. The molecule has 3 N–H and O–H groups in total. The molecule has 0 heterocycles. The number of rotatable bonds is 13. The summed E-state index contributed by atoms with van der Waals surface area (Å²) < 4.78 is 15.9. The molecular weight excluding hydrogens is 500 g/mol. The van der Waals surface area contributed by atoms with Crippen LogP contribution in [-0.2, 0) is 38.6 Å². The Kier molecular flexibility index (Phi) is 11.7. The molecule has 0 aromatic heterocycles. The highest BCUT2D eigenvalue weighted by Gasteiger charge is 2.23. The Balaban J connectivity index is 1.96. The van der Waals surface area contributed by atoms with Gasteiger partial charge in [0.25, 0.3) is 0 Å². The molecule has 0 saturated carbocycles. The van der Waals surface area contributed by atoms with E-state index in [0.29, 0.717) is 36.9 Å². The largest absolute Gasteiger partial charge is 0.489 e. The van der Waals surface area contributed by atoms with Gasteiger partial charge in [-0.3, -0.25) is 4.79 Å². The van der Waals surface area contributed by atoms with Gasteiger partial charge in [0.2, 0.25) is 0 Å². The van der Waals surface area contributed by atoms with Crippen molar-refractivity contribution >= 4 is 29.6 Å². The number of benzene rings is 2. The van der Waals surface area contributed by atoms with Crippen molar-refractivity contribution in [2.45, 2.75) is 64.8 Å². The van der Waals surface area contributed by atoms with E-state index in [9.17, 15) is 19.5 Å². The van der Waals surface area contributed by atoms with E-state index in [4.69, 9.17) is 25.8 Å². The highest BCUT2D eigenvalue weighted by atomic mass is 35.5. The van der Waals surface area contributed by atoms with Crippen LogP contribution in [0.5, 0.6) is 5.75 Å². The van der Waals surface area contributed by atoms with Crippen molar-refractivity contribution in [1.82, 2.24) is 10.6 Å². The van der Waals surface area contributed by atoms with Crippen molar-refractivity contribution < 1.29 is 33.7 Å². The van der Waals surface area contributed by atoms with Crippen LogP contribution in [0.2, 0.25) is 5.02 Å². The van der Waals surface area contributed by atoms with Crippen LogP contribution in [0.4, 0.5) is 4.79 Å². The molecule has 0 spiro atoms. The summed E-state index contributed by atoms with van der Waals surface area (Å²) in [6, 6.07) is 11.8. The van der Waals surface area contributed by atoms with Gasteiger partial charge in [0.15, 0.2) is 0 Å². The molecule has 0 aliphatic rings. The zero-order valence-corrected chi connectivity index (χ0v) is 22.4. The molecule has 0 aliphatic heterocycles. The Bertz CT molecular complexity index is 1050. The Morgan fingerprint density at radius 2 is 1.73 bits per heavy atom. The molecule has 0 saturated heterocycles. The van der Waals surface area contributed by atoms with Gasteiger partial charge >= 0.3 is 18.0 Å². The number of alkyl carbamates (subject to hydrolysis) is 1. The molecule has 10 heteroatoms. The lowest BCUT2D eigenvalue weighted by molar-refractivity contribution is -0.140. The lowest BCUT2D eigenvalue weighted by Gasteiger charge is -2.22. The Morgan fingerprint density at radius 3 is 2.35 bits per heavy atom. The molecule has 37 heavy (non-hydrogen) atoms. The van der Waals surface area contributed by atoms with Gasteiger partial charge in [-0.15, -0.1) is 0 Å². The van der Waals surface area contributed by atoms with Gasteiger partial charge in [0.05, 0.1) is 13.5 Å². The average Bonchev–Trinajstić information content (AvgIpc) is 2.82. The number of esters is 1. The number of hydrogen-bond donors (Lipinski definition) is 3. The molecule has 2 aromatic rings. The quantitative estimate of drug-likeness (QED) is 0.254. The summed E-state index contributed by atoms with van der Waals surface area (Å²) in [5.41, 5.74) is 1.87. The molecule has 0 bridgehead atoms. The van der Waals surface area contributed by atoms with Gasteiger partial charge in [0, 0.05) is 17.1 Å². The minimum Gasteiger partial charge on any atom is -0.489 e. The monoisotopic (exact) mass is 534 g/mol. The maximum absolute atomic E-state index is 11.9. The summed E-state index contributed by atoms with van der Waals surface area (Å²) in [6.45, 7) is 6.40. The van der Waals surface area contributed by atoms with Crippen LogP contribution in [0, 0.1) is 0 Å². The number of carbonyl (C=O) groups is 3. The van der Waals surface area contributed by atoms with Gasteiger partial charge in [-0.05, 0) is 69.5 Å². The molecule has 0 aliphatic carbocycles. The fraction of sp³-hybridized carbons (Fsp3) is 0.444. The third-order valence-corrected chi connectivity index (χ3v) is 5.41. The van der Waals surface area contributed by atoms with Gasteiger partial charge < -0.3 is 30.0 Å². The smallest absolute Gasteiger partial charge is 0.408 e. The van der Waals surface area contributed by atoms with Crippen LogP contribution < -0.4 is 15.4 Å². The number of ether oxygens (including phenoxy) is 3. The predicted octanol–water partition coefficient (Wildman–Crippen LogP) is 4.48. The Labute approximate surface area is 222 Å². The van der Waals surface area contributed by atoms with E-state index in [1.54, 1.807) is 32.9 Å². The van der Waals surface area contributed by atoms with Gasteiger partial charge in [0.1, 0.15) is 24.0 Å². The van der Waals surface area contributed by atoms with E-state index >= 15 is 0 Å². The van der Waals surface area contributed by atoms with Crippen LogP contribution in [0.3, 0.4) is 0 Å². The summed E-state index contributed by atoms with van der Waals surface area (Å²) in [5, 5.41) is 15.8. The second-order valence-corrected chi connectivity index (χ2v) is 9.90. The minimum absolute atomic E-state index is 0.136. The van der Waals surface area contributed by atoms with E-state index in [2.05, 4.69) is 10.6 Å². The van der Waals surface area contributed by atoms with E-state index in [0.717, 1.165) is 16.7 Å². The van der Waals surface area contributed by atoms with Crippen LogP contribution in [0.1, 0.15) is 50.3 Å². The second kappa shape index (κ2) is 14.4. The van der Waals surface area contributed by atoms with Crippen molar-refractivity contribution in [3.05, 3.63) is 64.2 Å². The number of carbonyl (C=O) groups excluding carboxylic acids is 2. The number of methoxy groups -OCH3 is 1. The zero-order valence-electron chi connectivity index (χ0n) is 21.6. The SMILES string of the molecule is COC(=O)Cc1ccc(OCc2ccc(Cl)cc2)c(CNCCC[C@H](NC(=O)OC(C)(C)C)C(=O)O)c1. The third kappa shape index (κ3) is 11.5. The number of halogens is 1. The fourth-order valence-corrected chi connectivity index (χ4v) is 3.49. The molecular formula is C27H35ClN2O7. The highest BCUT2D eigenvalue weighted by Crippen LogP contribution is 2.23. The van der Waals surface area contributed by atoms with Crippen molar-refractivity contribution in [1.29, 1.82) is 0 Å². The van der Waals surface area contributed by atoms with Crippen molar-refractivity contribution in [3.63, 3.8) is 0 Å². The van der Waals surface area contributed by atoms with E-state index in [1.165, 1.54) is 7.11 Å². The Morgan fingerprint density at radius 1 is 1.05 bits per heavy atom. The summed E-state index contributed by atoms with van der Waals surface area (Å²) >= 11 is 5.95. The summed E-state index contributed by atoms with van der Waals surface area (Å²) in [6.07, 6.45) is 0.0922. The molecule has 0 radical (unpaired) electrons. The second-order valence-electron chi connectivity index (χ2n) is 9.47. The molecule has 2 aromatic carbocycles. The summed E-state index contributed by atoms with van der Waals surface area (Å²) in [4.78, 5) is 35.2. The van der Waals surface area contributed by atoms with Gasteiger partial charge in [-0.1, -0.05) is 35.9 Å². The lowest BCUT2D eigenvalue weighted by atomic mass is 10.1. The van der Waals surface area contributed by atoms with Crippen molar-refractivity contribution in [2.75, 3.05) is 13.7 Å². The number of amides is 1. The third-order valence-electron chi connectivity index (χ3n) is 5.16. The number of aliphatic carboxylic acids is 1. The van der Waals surface area contributed by atoms with Crippen LogP contribution in [0.25, 0.3) is 0 Å². The zero-order chi connectivity index (χ0) is 27.4. The van der Waals surface area contributed by atoms with Crippen molar-refractivity contribution in [3.8, 4) is 5.75 Å². The number of nitrogens with one attached hydrogen (secondary N) is 2. The number of hydrogen-bond acceptors (Lipinski definition) is 7. The molecule has 0 fully saturated rings. The molecule has 202 valence electrons. The average molecular weight is 535 g/mol. The first-order valence-corrected chi connectivity index (χ1v) is 12.3. The molecule has 9 nitrogen and oxygen atoms in total. The maximum Gasteiger partial charge on any atom is 0.408 e. The highest BCUT2D eigenvalue weighted by molar-refractivity contribution is 6.30. The maximum atomic E-state index is 11.9. The van der Waals surface area contributed by atoms with Crippen LogP contribution in [0.15, 0.2) is 42.5 Å². The molecule has 1 atom stereocenters.